The zero-order chi connectivity index (χ0) is 28.8. The Morgan fingerprint density at radius 1 is 1.08 bits per heavy atom. The Hall–Kier alpha value is -3.92. The molecule has 210 valence electrons. The third-order valence-electron chi connectivity index (χ3n) is 5.31. The molecule has 0 aliphatic heterocycles. The molecule has 0 spiro atoms. The Bertz CT molecular complexity index is 975. The number of nitrogens with two attached hydrogens (primary N) is 1. The molecule has 1 aromatic carbocycles. The van der Waals surface area contributed by atoms with E-state index in [1.54, 1.807) is 18.2 Å². The molecule has 2 unspecified atom stereocenters. The minimum Gasteiger partial charge on any atom is -0.481 e. The molecule has 0 fully saturated rings. The van der Waals surface area contributed by atoms with E-state index in [0.717, 1.165) is 0 Å². The van der Waals surface area contributed by atoms with Crippen LogP contribution in [0.3, 0.4) is 0 Å². The number of rotatable bonds is 17. The minimum absolute atomic E-state index is 0.136. The molecule has 1 rings (SSSR count). The number of likely N-dealkylation sites (N-methyl/N-ethyl adjacent to an activating group) is 1. The first-order valence-corrected chi connectivity index (χ1v) is 11.4. The first kappa shape index (κ1) is 32.1. The van der Waals surface area contributed by atoms with Gasteiger partial charge in [-0.1, -0.05) is 18.2 Å². The summed E-state index contributed by atoms with van der Waals surface area (Å²) in [6.07, 6.45) is -8.90. The average molecular weight is 541 g/mol. The van der Waals surface area contributed by atoms with Crippen LogP contribution in [0.25, 0.3) is 0 Å². The highest BCUT2D eigenvalue weighted by molar-refractivity contribution is 5.95. The summed E-state index contributed by atoms with van der Waals surface area (Å²) in [7, 11) is 1.19. The summed E-state index contributed by atoms with van der Waals surface area (Å²) < 4.78 is 5.54. The van der Waals surface area contributed by atoms with E-state index in [1.165, 1.54) is 19.2 Å². The number of carbonyl (C=O) groups excluding carboxylic acids is 5. The van der Waals surface area contributed by atoms with Gasteiger partial charge in [0.2, 0.25) is 17.7 Å². The molecule has 9 N–H and O–H groups in total. The zero-order valence-corrected chi connectivity index (χ0v) is 20.5. The van der Waals surface area contributed by atoms with Gasteiger partial charge in [-0.3, -0.25) is 24.0 Å². The van der Waals surface area contributed by atoms with Gasteiger partial charge < -0.3 is 51.6 Å². The van der Waals surface area contributed by atoms with Gasteiger partial charge in [-0.25, -0.2) is 0 Å². The second-order valence-corrected chi connectivity index (χ2v) is 8.10. The third kappa shape index (κ3) is 10.2. The van der Waals surface area contributed by atoms with Gasteiger partial charge in [0.05, 0.1) is 13.0 Å². The molecule has 6 atom stereocenters. The van der Waals surface area contributed by atoms with E-state index in [9.17, 15) is 44.1 Å². The SMILES string of the molecule is CNC(=O)C(CC(=O)NC(CCC(=O)O)C(N)=O)O[C@@H]([C@H](O)[C@H](O)CO)[C@H](C=O)NC(=O)c1ccccc1. The molecule has 0 bridgehead atoms. The lowest BCUT2D eigenvalue weighted by Gasteiger charge is -2.33. The van der Waals surface area contributed by atoms with Crippen LogP contribution in [0.5, 0.6) is 0 Å². The first-order chi connectivity index (χ1) is 17.9. The van der Waals surface area contributed by atoms with E-state index >= 15 is 0 Å². The van der Waals surface area contributed by atoms with Gasteiger partial charge in [0.1, 0.15) is 42.8 Å². The highest BCUT2D eigenvalue weighted by Gasteiger charge is 2.39. The topological polar surface area (TPSA) is 255 Å². The van der Waals surface area contributed by atoms with Crippen molar-refractivity contribution in [1.82, 2.24) is 16.0 Å². The van der Waals surface area contributed by atoms with E-state index in [0.29, 0.717) is 0 Å². The maximum atomic E-state index is 12.6. The molecular formula is C23H32N4O11. The number of carboxylic acid groups (broad SMARTS) is 1. The van der Waals surface area contributed by atoms with Crippen LogP contribution in [0.4, 0.5) is 0 Å². The quantitative estimate of drug-likeness (QED) is 0.0896. The molecule has 4 amide bonds. The number of carboxylic acids is 1. The predicted molar refractivity (Wildman–Crippen MR) is 128 cm³/mol. The minimum atomic E-state index is -2.02. The average Bonchev–Trinajstić information content (AvgIpc) is 2.90. The number of hydrogen-bond acceptors (Lipinski definition) is 10. The van der Waals surface area contributed by atoms with E-state index < -0.39 is 85.5 Å². The Kier molecular flexibility index (Phi) is 13.5. The van der Waals surface area contributed by atoms with Crippen LogP contribution >= 0.6 is 0 Å². The van der Waals surface area contributed by atoms with Gasteiger partial charge in [-0.15, -0.1) is 0 Å². The molecule has 0 heterocycles. The van der Waals surface area contributed by atoms with Gasteiger partial charge in [0, 0.05) is 19.0 Å². The number of aliphatic carboxylic acids is 1. The molecule has 1 aromatic rings. The Morgan fingerprint density at radius 3 is 2.21 bits per heavy atom. The normalized spacial score (nSPS) is 15.6. The molecule has 0 saturated heterocycles. The Morgan fingerprint density at radius 2 is 1.71 bits per heavy atom. The van der Waals surface area contributed by atoms with Gasteiger partial charge in [0.15, 0.2) is 0 Å². The summed E-state index contributed by atoms with van der Waals surface area (Å²) >= 11 is 0. The van der Waals surface area contributed by atoms with Crippen molar-refractivity contribution in [3.63, 3.8) is 0 Å². The summed E-state index contributed by atoms with van der Waals surface area (Å²) in [5.74, 6) is -4.93. The van der Waals surface area contributed by atoms with Crippen molar-refractivity contribution in [2.45, 2.75) is 55.8 Å². The summed E-state index contributed by atoms with van der Waals surface area (Å²) in [6.45, 7) is -0.978. The summed E-state index contributed by atoms with van der Waals surface area (Å²) in [5.41, 5.74) is 5.32. The smallest absolute Gasteiger partial charge is 0.303 e. The van der Waals surface area contributed by atoms with Crippen LogP contribution in [-0.4, -0.2) is 106 Å². The van der Waals surface area contributed by atoms with Crippen molar-refractivity contribution in [2.24, 2.45) is 5.73 Å². The number of primary amides is 1. The number of nitrogens with one attached hydrogen (secondary N) is 3. The fraction of sp³-hybridized carbons (Fsp3) is 0.478. The fourth-order valence-corrected chi connectivity index (χ4v) is 3.25. The van der Waals surface area contributed by atoms with Crippen LogP contribution in [0.2, 0.25) is 0 Å². The summed E-state index contributed by atoms with van der Waals surface area (Å²) in [4.78, 5) is 71.9. The number of aldehydes is 1. The van der Waals surface area contributed by atoms with Crippen molar-refractivity contribution in [1.29, 1.82) is 0 Å². The number of aliphatic hydroxyl groups is 3. The number of ether oxygens (including phenoxy) is 1. The van der Waals surface area contributed by atoms with Crippen LogP contribution in [0.1, 0.15) is 29.6 Å². The number of benzene rings is 1. The van der Waals surface area contributed by atoms with Crippen molar-refractivity contribution in [2.75, 3.05) is 13.7 Å². The van der Waals surface area contributed by atoms with Gasteiger partial charge in [0.25, 0.3) is 5.91 Å². The van der Waals surface area contributed by atoms with Gasteiger partial charge in [-0.2, -0.15) is 0 Å². The van der Waals surface area contributed by atoms with Crippen molar-refractivity contribution in [3.8, 4) is 0 Å². The monoisotopic (exact) mass is 540 g/mol. The lowest BCUT2D eigenvalue weighted by atomic mass is 10.0. The van der Waals surface area contributed by atoms with Crippen LogP contribution in [0, 0.1) is 0 Å². The largest absolute Gasteiger partial charge is 0.481 e. The van der Waals surface area contributed by atoms with Crippen molar-refractivity contribution < 1.29 is 53.9 Å². The predicted octanol–water partition coefficient (Wildman–Crippen LogP) is -3.58. The second-order valence-electron chi connectivity index (χ2n) is 8.10. The maximum Gasteiger partial charge on any atom is 0.303 e. The second kappa shape index (κ2) is 16.0. The third-order valence-corrected chi connectivity index (χ3v) is 5.31. The summed E-state index contributed by atoms with van der Waals surface area (Å²) in [5, 5.41) is 45.3. The zero-order valence-electron chi connectivity index (χ0n) is 20.5. The molecule has 0 aromatic heterocycles. The summed E-state index contributed by atoms with van der Waals surface area (Å²) in [6, 6.07) is 4.58. The molecule has 38 heavy (non-hydrogen) atoms. The fourth-order valence-electron chi connectivity index (χ4n) is 3.25. The highest BCUT2D eigenvalue weighted by Crippen LogP contribution is 2.15. The first-order valence-electron chi connectivity index (χ1n) is 11.4. The van der Waals surface area contributed by atoms with Crippen LogP contribution < -0.4 is 21.7 Å². The van der Waals surface area contributed by atoms with Crippen molar-refractivity contribution >= 4 is 35.9 Å². The van der Waals surface area contributed by atoms with Crippen molar-refractivity contribution in [3.05, 3.63) is 35.9 Å². The molecule has 15 nitrogen and oxygen atoms in total. The number of amides is 4. The lowest BCUT2D eigenvalue weighted by Crippen LogP contribution is -2.57. The van der Waals surface area contributed by atoms with Gasteiger partial charge in [-0.05, 0) is 18.6 Å². The van der Waals surface area contributed by atoms with Gasteiger partial charge >= 0.3 is 5.97 Å². The van der Waals surface area contributed by atoms with E-state index in [1.807, 2.05) is 0 Å². The number of hydrogen-bond donors (Lipinski definition) is 8. The molecule has 0 radical (unpaired) electrons. The standard InChI is InChI=1S/C23H32N4O11/c1-25-23(37)16(9-17(31)26-13(21(24)35)7-8-18(32)33)38-20(19(34)15(30)11-29)14(10-28)27-22(36)12-5-3-2-4-6-12/h2-6,10,13-16,19-20,29-30,34H,7-9,11H2,1H3,(H2,24,35)(H,25,37)(H,26,31)(H,27,36)(H,32,33)/t13?,14-,15+,16?,19+,20+/m0/s1. The number of carbonyl (C=O) groups is 6. The molecule has 0 aliphatic rings. The maximum absolute atomic E-state index is 12.6. The molecule has 15 heteroatoms. The highest BCUT2D eigenvalue weighted by atomic mass is 16.5. The van der Waals surface area contributed by atoms with E-state index in [-0.39, 0.29) is 18.3 Å². The van der Waals surface area contributed by atoms with E-state index in [2.05, 4.69) is 16.0 Å². The van der Waals surface area contributed by atoms with Crippen LogP contribution in [0.15, 0.2) is 30.3 Å². The van der Waals surface area contributed by atoms with Crippen LogP contribution in [-0.2, 0) is 28.7 Å². The molecule has 0 saturated carbocycles. The van der Waals surface area contributed by atoms with E-state index in [4.69, 9.17) is 15.6 Å². The Labute approximate surface area is 217 Å². The number of aliphatic hydroxyl groups excluding tert-OH is 3. The molecule has 0 aliphatic carbocycles. The molecular weight excluding hydrogens is 508 g/mol. The lowest BCUT2D eigenvalue weighted by molar-refractivity contribution is -0.160. The Balaban J connectivity index is 3.18.